The normalized spacial score (nSPS) is 18.5. The van der Waals surface area contributed by atoms with Gasteiger partial charge in [0.1, 0.15) is 11.6 Å². The molecule has 21 heavy (non-hydrogen) atoms. The van der Waals surface area contributed by atoms with Gasteiger partial charge in [0.15, 0.2) is 0 Å². The highest BCUT2D eigenvalue weighted by molar-refractivity contribution is 7.09. The maximum absolute atomic E-state index is 5.80. The van der Waals surface area contributed by atoms with Crippen molar-refractivity contribution in [1.29, 1.82) is 0 Å². The molecule has 0 amide bonds. The molecule has 0 saturated heterocycles. The molecule has 4 nitrogen and oxygen atoms in total. The van der Waals surface area contributed by atoms with E-state index in [-0.39, 0.29) is 11.5 Å². The molecule has 3 rings (SSSR count). The van der Waals surface area contributed by atoms with Crippen LogP contribution in [0.25, 0.3) is 0 Å². The monoisotopic (exact) mass is 303 g/mol. The van der Waals surface area contributed by atoms with E-state index in [1.165, 1.54) is 17.1 Å². The predicted molar refractivity (Wildman–Crippen MR) is 86.1 cm³/mol. The summed E-state index contributed by atoms with van der Waals surface area (Å²) >= 11 is 1.44. The van der Waals surface area contributed by atoms with Crippen LogP contribution in [0, 0.1) is 0 Å². The Kier molecular flexibility index (Phi) is 3.85. The first-order valence-electron chi connectivity index (χ1n) is 7.36. The number of ether oxygens (including phenoxy) is 1. The van der Waals surface area contributed by atoms with Gasteiger partial charge in [0.25, 0.3) is 0 Å². The van der Waals surface area contributed by atoms with Crippen LogP contribution in [0.2, 0.25) is 0 Å². The SMILES string of the molecule is CC(C)(C)c1nsc(NC2CCCOc3ccccc32)n1. The van der Waals surface area contributed by atoms with E-state index in [0.717, 1.165) is 36.2 Å². The standard InChI is InChI=1S/C16H21N3OS/c1-16(2,3)14-18-15(21-19-14)17-12-8-6-10-20-13-9-5-4-7-11(12)13/h4-5,7,9,12H,6,8,10H2,1-3H3,(H,17,18,19). The largest absolute Gasteiger partial charge is 0.493 e. The lowest BCUT2D eigenvalue weighted by Crippen LogP contribution is -2.14. The highest BCUT2D eigenvalue weighted by Crippen LogP contribution is 2.34. The lowest BCUT2D eigenvalue weighted by atomic mass is 9.96. The van der Waals surface area contributed by atoms with Crippen molar-refractivity contribution in [2.24, 2.45) is 0 Å². The van der Waals surface area contributed by atoms with Crippen LogP contribution in [0.15, 0.2) is 24.3 Å². The molecule has 0 saturated carbocycles. The zero-order valence-electron chi connectivity index (χ0n) is 12.7. The van der Waals surface area contributed by atoms with Gasteiger partial charge in [-0.15, -0.1) is 0 Å². The summed E-state index contributed by atoms with van der Waals surface area (Å²) < 4.78 is 10.3. The van der Waals surface area contributed by atoms with Crippen molar-refractivity contribution >= 4 is 16.7 Å². The van der Waals surface area contributed by atoms with Crippen LogP contribution in [0.3, 0.4) is 0 Å². The number of para-hydroxylation sites is 1. The molecule has 1 aromatic carbocycles. The van der Waals surface area contributed by atoms with Crippen LogP contribution in [-0.2, 0) is 5.41 Å². The number of nitrogens with one attached hydrogen (secondary N) is 1. The second-order valence-corrected chi connectivity index (χ2v) is 7.15. The lowest BCUT2D eigenvalue weighted by molar-refractivity contribution is 0.316. The second kappa shape index (κ2) is 5.64. The summed E-state index contributed by atoms with van der Waals surface area (Å²) in [5.41, 5.74) is 1.20. The molecule has 0 spiro atoms. The molecule has 2 aromatic rings. The summed E-state index contributed by atoms with van der Waals surface area (Å²) in [6.45, 7) is 7.17. The first kappa shape index (κ1) is 14.3. The molecule has 1 aromatic heterocycles. The smallest absolute Gasteiger partial charge is 0.203 e. The van der Waals surface area contributed by atoms with Crippen LogP contribution >= 0.6 is 11.5 Å². The van der Waals surface area contributed by atoms with E-state index in [2.05, 4.69) is 47.6 Å². The maximum atomic E-state index is 5.80. The molecule has 112 valence electrons. The summed E-state index contributed by atoms with van der Waals surface area (Å²) in [5.74, 6) is 1.88. The first-order chi connectivity index (χ1) is 10.0. The fourth-order valence-electron chi connectivity index (χ4n) is 2.41. The van der Waals surface area contributed by atoms with E-state index in [4.69, 9.17) is 4.74 Å². The molecule has 1 aliphatic rings. The third-order valence-electron chi connectivity index (χ3n) is 3.58. The van der Waals surface area contributed by atoms with Crippen molar-refractivity contribution in [2.45, 2.75) is 45.1 Å². The Morgan fingerprint density at radius 1 is 1.29 bits per heavy atom. The molecule has 5 heteroatoms. The molecule has 1 aliphatic heterocycles. The van der Waals surface area contributed by atoms with Crippen LogP contribution in [-0.4, -0.2) is 16.0 Å². The number of rotatable bonds is 2. The van der Waals surface area contributed by atoms with Crippen molar-refractivity contribution in [3.8, 4) is 5.75 Å². The van der Waals surface area contributed by atoms with Crippen LogP contribution in [0.1, 0.15) is 51.0 Å². The molecule has 1 unspecified atom stereocenters. The minimum atomic E-state index is -0.0130. The second-order valence-electron chi connectivity index (χ2n) is 6.40. The molecular formula is C16H21N3OS. The third-order valence-corrected chi connectivity index (χ3v) is 4.23. The fraction of sp³-hybridized carbons (Fsp3) is 0.500. The van der Waals surface area contributed by atoms with Gasteiger partial charge in [-0.3, -0.25) is 0 Å². The van der Waals surface area contributed by atoms with E-state index in [1.807, 2.05) is 12.1 Å². The number of nitrogens with zero attached hydrogens (tertiary/aromatic N) is 2. The van der Waals surface area contributed by atoms with Gasteiger partial charge in [0.05, 0.1) is 12.6 Å². The molecule has 1 atom stereocenters. The average Bonchev–Trinajstić information content (AvgIpc) is 2.82. The first-order valence-corrected chi connectivity index (χ1v) is 8.14. The highest BCUT2D eigenvalue weighted by Gasteiger charge is 2.23. The highest BCUT2D eigenvalue weighted by atomic mass is 32.1. The van der Waals surface area contributed by atoms with E-state index < -0.39 is 0 Å². The van der Waals surface area contributed by atoms with Gasteiger partial charge in [-0.2, -0.15) is 4.37 Å². The summed E-state index contributed by atoms with van der Waals surface area (Å²) in [6, 6.07) is 8.48. The van der Waals surface area contributed by atoms with Gasteiger partial charge in [-0.1, -0.05) is 39.0 Å². The molecule has 2 heterocycles. The Hall–Kier alpha value is -1.62. The van der Waals surface area contributed by atoms with Gasteiger partial charge in [0, 0.05) is 22.5 Å². The van der Waals surface area contributed by atoms with Gasteiger partial charge in [-0.25, -0.2) is 4.98 Å². The quantitative estimate of drug-likeness (QED) is 0.905. The van der Waals surface area contributed by atoms with Gasteiger partial charge < -0.3 is 10.1 Å². The summed E-state index contributed by atoms with van der Waals surface area (Å²) in [6.07, 6.45) is 2.08. The van der Waals surface area contributed by atoms with Crippen molar-refractivity contribution in [3.05, 3.63) is 35.7 Å². The number of hydrogen-bond acceptors (Lipinski definition) is 5. The molecule has 1 N–H and O–H groups in total. The predicted octanol–water partition coefficient (Wildman–Crippen LogP) is 4.16. The summed E-state index contributed by atoms with van der Waals surface area (Å²) in [4.78, 5) is 4.63. The summed E-state index contributed by atoms with van der Waals surface area (Å²) in [5, 5.41) is 4.42. The minimum Gasteiger partial charge on any atom is -0.493 e. The lowest BCUT2D eigenvalue weighted by Gasteiger charge is -2.17. The van der Waals surface area contributed by atoms with Crippen molar-refractivity contribution < 1.29 is 4.74 Å². The Morgan fingerprint density at radius 3 is 2.86 bits per heavy atom. The number of fused-ring (bicyclic) bond motifs is 1. The number of aromatic nitrogens is 2. The van der Waals surface area contributed by atoms with Crippen LogP contribution in [0.4, 0.5) is 5.13 Å². The van der Waals surface area contributed by atoms with Crippen molar-refractivity contribution in [2.75, 3.05) is 11.9 Å². The zero-order chi connectivity index (χ0) is 14.9. The van der Waals surface area contributed by atoms with Crippen LogP contribution in [0.5, 0.6) is 5.75 Å². The summed E-state index contributed by atoms with van der Waals surface area (Å²) in [7, 11) is 0. The van der Waals surface area contributed by atoms with Crippen LogP contribution < -0.4 is 10.1 Å². The van der Waals surface area contributed by atoms with Crippen molar-refractivity contribution in [3.63, 3.8) is 0 Å². The third kappa shape index (κ3) is 3.18. The molecular weight excluding hydrogens is 282 g/mol. The van der Waals surface area contributed by atoms with E-state index >= 15 is 0 Å². The molecule has 0 bridgehead atoms. The number of hydrogen-bond donors (Lipinski definition) is 1. The van der Waals surface area contributed by atoms with E-state index in [9.17, 15) is 0 Å². The van der Waals surface area contributed by atoms with Gasteiger partial charge in [-0.05, 0) is 18.9 Å². The number of anilines is 1. The minimum absolute atomic E-state index is 0.0130. The van der Waals surface area contributed by atoms with Gasteiger partial charge in [0.2, 0.25) is 5.13 Å². The molecule has 0 aliphatic carbocycles. The maximum Gasteiger partial charge on any atom is 0.203 e. The molecule has 0 fully saturated rings. The average molecular weight is 303 g/mol. The Balaban J connectivity index is 1.83. The van der Waals surface area contributed by atoms with E-state index in [0.29, 0.717) is 0 Å². The van der Waals surface area contributed by atoms with E-state index in [1.54, 1.807) is 0 Å². The Bertz CT molecular complexity index is 618. The topological polar surface area (TPSA) is 47.0 Å². The van der Waals surface area contributed by atoms with Crippen molar-refractivity contribution in [1.82, 2.24) is 9.36 Å². The zero-order valence-corrected chi connectivity index (χ0v) is 13.5. The Labute approximate surface area is 129 Å². The molecule has 0 radical (unpaired) electrons. The fourth-order valence-corrected chi connectivity index (χ4v) is 3.22. The Morgan fingerprint density at radius 2 is 2.10 bits per heavy atom. The van der Waals surface area contributed by atoms with Gasteiger partial charge >= 0.3 is 0 Å². The number of benzene rings is 1.